The van der Waals surface area contributed by atoms with Crippen molar-refractivity contribution in [1.82, 2.24) is 4.90 Å². The molecule has 7 heteroatoms. The van der Waals surface area contributed by atoms with Gasteiger partial charge in [0.05, 0.1) is 22.7 Å². The molecular formula is C15H18Cl2N2O3. The molecule has 1 atom stereocenters. The van der Waals surface area contributed by atoms with Gasteiger partial charge >= 0.3 is 5.97 Å². The Morgan fingerprint density at radius 3 is 2.50 bits per heavy atom. The third-order valence-corrected chi connectivity index (χ3v) is 4.54. The van der Waals surface area contributed by atoms with Gasteiger partial charge in [-0.15, -0.1) is 0 Å². The number of piperidine rings is 1. The number of nitrogens with one attached hydrogen (secondary N) is 1. The fourth-order valence-corrected chi connectivity index (χ4v) is 2.98. The number of hydrogen-bond donors (Lipinski definition) is 2. The number of halogens is 2. The molecule has 1 aromatic rings. The lowest BCUT2D eigenvalue weighted by atomic mass is 9.96. The number of hydrogen-bond acceptors (Lipinski definition) is 3. The summed E-state index contributed by atoms with van der Waals surface area (Å²) in [6.07, 6.45) is 1.13. The van der Waals surface area contributed by atoms with Gasteiger partial charge in [0.2, 0.25) is 5.91 Å². The minimum atomic E-state index is -0.760. The monoisotopic (exact) mass is 344 g/mol. The fourth-order valence-electron chi connectivity index (χ4n) is 2.53. The third-order valence-electron chi connectivity index (χ3n) is 3.99. The van der Waals surface area contributed by atoms with E-state index in [0.717, 1.165) is 0 Å². The average molecular weight is 345 g/mol. The van der Waals surface area contributed by atoms with Gasteiger partial charge in [0, 0.05) is 5.02 Å². The molecule has 1 amide bonds. The molecule has 1 aromatic carbocycles. The van der Waals surface area contributed by atoms with Crippen LogP contribution in [0.1, 0.15) is 19.8 Å². The second-order valence-electron chi connectivity index (χ2n) is 5.44. The van der Waals surface area contributed by atoms with Crippen LogP contribution >= 0.6 is 23.2 Å². The number of carbonyl (C=O) groups is 2. The molecule has 120 valence electrons. The summed E-state index contributed by atoms with van der Waals surface area (Å²) in [5.41, 5.74) is 0.517. The minimum Gasteiger partial charge on any atom is -0.481 e. The maximum Gasteiger partial charge on any atom is 0.306 e. The summed E-state index contributed by atoms with van der Waals surface area (Å²) in [4.78, 5) is 25.2. The van der Waals surface area contributed by atoms with E-state index in [-0.39, 0.29) is 17.9 Å². The summed E-state index contributed by atoms with van der Waals surface area (Å²) in [5, 5.41) is 12.7. The van der Waals surface area contributed by atoms with Crippen LogP contribution in [-0.4, -0.2) is 41.0 Å². The molecule has 0 bridgehead atoms. The zero-order valence-electron chi connectivity index (χ0n) is 12.2. The number of rotatable bonds is 4. The smallest absolute Gasteiger partial charge is 0.306 e. The van der Waals surface area contributed by atoms with Crippen LogP contribution in [0.2, 0.25) is 10.0 Å². The van der Waals surface area contributed by atoms with E-state index in [2.05, 4.69) is 5.32 Å². The highest BCUT2D eigenvalue weighted by Crippen LogP contribution is 2.26. The van der Waals surface area contributed by atoms with E-state index >= 15 is 0 Å². The standard InChI is InChI=1S/C15H18Cl2N2O3/c1-9(19-6-4-10(5-7-19)15(21)22)14(20)18-13-3-2-11(16)8-12(13)17/h2-3,8-10H,4-7H2,1H3,(H,18,20)(H,21,22). The van der Waals surface area contributed by atoms with Crippen LogP contribution in [0.3, 0.4) is 0 Å². The molecule has 22 heavy (non-hydrogen) atoms. The molecule has 0 spiro atoms. The predicted octanol–water partition coefficient (Wildman–Crippen LogP) is 3.12. The van der Waals surface area contributed by atoms with E-state index < -0.39 is 5.97 Å². The lowest BCUT2D eigenvalue weighted by Gasteiger charge is -2.33. The van der Waals surface area contributed by atoms with Crippen molar-refractivity contribution in [1.29, 1.82) is 0 Å². The van der Waals surface area contributed by atoms with Crippen molar-refractivity contribution in [2.75, 3.05) is 18.4 Å². The van der Waals surface area contributed by atoms with Crippen molar-refractivity contribution >= 4 is 40.8 Å². The third kappa shape index (κ3) is 4.12. The van der Waals surface area contributed by atoms with Gasteiger partial charge in [-0.3, -0.25) is 14.5 Å². The van der Waals surface area contributed by atoms with Crippen molar-refractivity contribution in [3.05, 3.63) is 28.2 Å². The van der Waals surface area contributed by atoms with Crippen molar-refractivity contribution in [2.24, 2.45) is 5.92 Å². The largest absolute Gasteiger partial charge is 0.481 e. The number of amides is 1. The Hall–Kier alpha value is -1.30. The Morgan fingerprint density at radius 2 is 1.95 bits per heavy atom. The first kappa shape index (κ1) is 17.1. The molecule has 0 saturated carbocycles. The van der Waals surface area contributed by atoms with Gasteiger partial charge in [-0.2, -0.15) is 0 Å². The summed E-state index contributed by atoms with van der Waals surface area (Å²) >= 11 is 11.9. The summed E-state index contributed by atoms with van der Waals surface area (Å²) in [7, 11) is 0. The SMILES string of the molecule is CC(C(=O)Nc1ccc(Cl)cc1Cl)N1CCC(C(=O)O)CC1. The molecular weight excluding hydrogens is 327 g/mol. The molecule has 5 nitrogen and oxygen atoms in total. The summed E-state index contributed by atoms with van der Waals surface area (Å²) in [5.74, 6) is -1.24. The van der Waals surface area contributed by atoms with E-state index in [1.165, 1.54) is 0 Å². The lowest BCUT2D eigenvalue weighted by Crippen LogP contribution is -2.47. The molecule has 0 radical (unpaired) electrons. The maximum absolute atomic E-state index is 12.3. The average Bonchev–Trinajstić information content (AvgIpc) is 2.49. The van der Waals surface area contributed by atoms with Gasteiger partial charge in [0.15, 0.2) is 0 Å². The Labute approximate surface area is 139 Å². The first-order chi connectivity index (χ1) is 10.4. The summed E-state index contributed by atoms with van der Waals surface area (Å²) < 4.78 is 0. The second-order valence-corrected chi connectivity index (χ2v) is 6.28. The van der Waals surface area contributed by atoms with E-state index in [1.54, 1.807) is 25.1 Å². The number of carboxylic acids is 1. The molecule has 2 N–H and O–H groups in total. The number of likely N-dealkylation sites (tertiary alicyclic amines) is 1. The van der Waals surface area contributed by atoms with Gasteiger partial charge in [0.1, 0.15) is 0 Å². The number of carboxylic acid groups (broad SMARTS) is 1. The molecule has 0 aromatic heterocycles. The first-order valence-electron chi connectivity index (χ1n) is 7.11. The molecule has 1 unspecified atom stereocenters. The van der Waals surface area contributed by atoms with E-state index in [0.29, 0.717) is 41.7 Å². The molecule has 1 heterocycles. The van der Waals surface area contributed by atoms with Gasteiger partial charge in [-0.1, -0.05) is 23.2 Å². The Morgan fingerprint density at radius 1 is 1.32 bits per heavy atom. The first-order valence-corrected chi connectivity index (χ1v) is 7.87. The summed E-state index contributed by atoms with van der Waals surface area (Å²) in [6, 6.07) is 4.54. The predicted molar refractivity (Wildman–Crippen MR) is 86.5 cm³/mol. The number of carbonyl (C=O) groups excluding carboxylic acids is 1. The van der Waals surface area contributed by atoms with Crippen LogP contribution in [0.15, 0.2) is 18.2 Å². The maximum atomic E-state index is 12.3. The highest BCUT2D eigenvalue weighted by atomic mass is 35.5. The number of nitrogens with zero attached hydrogens (tertiary/aromatic N) is 1. The Balaban J connectivity index is 1.94. The van der Waals surface area contributed by atoms with Gasteiger partial charge < -0.3 is 10.4 Å². The number of anilines is 1. The number of aliphatic carboxylic acids is 1. The second kappa shape index (κ2) is 7.31. The molecule has 1 fully saturated rings. The molecule has 0 aliphatic carbocycles. The van der Waals surface area contributed by atoms with Crippen molar-refractivity contribution in [3.63, 3.8) is 0 Å². The van der Waals surface area contributed by atoms with Crippen LogP contribution in [0.4, 0.5) is 5.69 Å². The molecule has 1 aliphatic heterocycles. The lowest BCUT2D eigenvalue weighted by molar-refractivity contribution is -0.143. The van der Waals surface area contributed by atoms with Crippen molar-refractivity contribution in [3.8, 4) is 0 Å². The Bertz CT molecular complexity index is 572. The van der Waals surface area contributed by atoms with Crippen LogP contribution in [0, 0.1) is 5.92 Å². The van der Waals surface area contributed by atoms with E-state index in [4.69, 9.17) is 28.3 Å². The summed E-state index contributed by atoms with van der Waals surface area (Å²) in [6.45, 7) is 3.00. The van der Waals surface area contributed by atoms with Gasteiger partial charge in [-0.25, -0.2) is 0 Å². The zero-order chi connectivity index (χ0) is 16.3. The van der Waals surface area contributed by atoms with Crippen molar-refractivity contribution in [2.45, 2.75) is 25.8 Å². The normalized spacial score (nSPS) is 18.0. The topological polar surface area (TPSA) is 69.6 Å². The van der Waals surface area contributed by atoms with E-state index in [9.17, 15) is 9.59 Å². The highest BCUT2D eigenvalue weighted by molar-refractivity contribution is 6.36. The quantitative estimate of drug-likeness (QED) is 0.880. The van der Waals surface area contributed by atoms with Crippen LogP contribution < -0.4 is 5.32 Å². The highest BCUT2D eigenvalue weighted by Gasteiger charge is 2.29. The molecule has 2 rings (SSSR count). The fraction of sp³-hybridized carbons (Fsp3) is 0.467. The Kier molecular flexibility index (Phi) is 5.67. The van der Waals surface area contributed by atoms with Gasteiger partial charge in [0.25, 0.3) is 0 Å². The van der Waals surface area contributed by atoms with Crippen LogP contribution in [0.5, 0.6) is 0 Å². The number of benzene rings is 1. The zero-order valence-corrected chi connectivity index (χ0v) is 13.7. The minimum absolute atomic E-state index is 0.169. The van der Waals surface area contributed by atoms with E-state index in [1.807, 2.05) is 4.90 Å². The van der Waals surface area contributed by atoms with Gasteiger partial charge in [-0.05, 0) is 51.1 Å². The van der Waals surface area contributed by atoms with Crippen molar-refractivity contribution < 1.29 is 14.7 Å². The molecule has 1 saturated heterocycles. The van der Waals surface area contributed by atoms with Crippen LogP contribution in [-0.2, 0) is 9.59 Å². The molecule has 1 aliphatic rings. The van der Waals surface area contributed by atoms with Crippen LogP contribution in [0.25, 0.3) is 0 Å².